The van der Waals surface area contributed by atoms with Crippen LogP contribution in [0.5, 0.6) is 0 Å². The number of ether oxygens (including phenoxy) is 1. The molecule has 1 fully saturated rings. The van der Waals surface area contributed by atoms with E-state index < -0.39 is 17.4 Å². The van der Waals surface area contributed by atoms with E-state index in [0.717, 1.165) is 0 Å². The van der Waals surface area contributed by atoms with Crippen LogP contribution in [0.15, 0.2) is 48.5 Å². The molecule has 4 rings (SSSR count). The standard InChI is InChI=1S/C23H23FN2O4/c1-15(2)13-25-21(28)17-8-4-6-10-19(17)26-20(27)11-12-23(25,26)22(29)30-14-16-7-3-5-9-18(16)24/h3-10,15H,11-14H2,1-2H3/t23-/m1/s1. The molecule has 0 aromatic heterocycles. The molecule has 30 heavy (non-hydrogen) atoms. The van der Waals surface area contributed by atoms with Crippen LogP contribution in [0.4, 0.5) is 10.1 Å². The van der Waals surface area contributed by atoms with E-state index in [2.05, 4.69) is 0 Å². The average molecular weight is 410 g/mol. The highest BCUT2D eigenvalue weighted by molar-refractivity contribution is 6.15. The lowest BCUT2D eigenvalue weighted by Crippen LogP contribution is -2.69. The van der Waals surface area contributed by atoms with E-state index in [4.69, 9.17) is 4.74 Å². The summed E-state index contributed by atoms with van der Waals surface area (Å²) in [5.74, 6) is -1.70. The zero-order valence-corrected chi connectivity index (χ0v) is 16.9. The van der Waals surface area contributed by atoms with E-state index in [-0.39, 0.29) is 49.3 Å². The first-order valence-corrected chi connectivity index (χ1v) is 10.0. The van der Waals surface area contributed by atoms with E-state index >= 15 is 0 Å². The van der Waals surface area contributed by atoms with Gasteiger partial charge in [-0.2, -0.15) is 0 Å². The highest BCUT2D eigenvalue weighted by Crippen LogP contribution is 2.45. The minimum absolute atomic E-state index is 0.0630. The quantitative estimate of drug-likeness (QED) is 0.708. The van der Waals surface area contributed by atoms with Gasteiger partial charge in [0, 0.05) is 24.9 Å². The van der Waals surface area contributed by atoms with Crippen molar-refractivity contribution in [3.05, 3.63) is 65.5 Å². The van der Waals surface area contributed by atoms with Crippen LogP contribution in [0, 0.1) is 11.7 Å². The van der Waals surface area contributed by atoms with Gasteiger partial charge in [0.2, 0.25) is 11.6 Å². The topological polar surface area (TPSA) is 66.9 Å². The molecule has 7 heteroatoms. The normalized spacial score (nSPS) is 20.4. The van der Waals surface area contributed by atoms with Crippen LogP contribution < -0.4 is 4.90 Å². The minimum Gasteiger partial charge on any atom is -0.458 e. The molecule has 2 heterocycles. The first-order chi connectivity index (χ1) is 14.4. The summed E-state index contributed by atoms with van der Waals surface area (Å²) in [6.07, 6.45) is 0.250. The van der Waals surface area contributed by atoms with E-state index in [1.165, 1.54) is 21.9 Å². The summed E-state index contributed by atoms with van der Waals surface area (Å²) >= 11 is 0. The number of halogens is 1. The van der Waals surface area contributed by atoms with Gasteiger partial charge in [0.1, 0.15) is 12.4 Å². The maximum Gasteiger partial charge on any atom is 0.354 e. The van der Waals surface area contributed by atoms with Crippen molar-refractivity contribution >= 4 is 23.5 Å². The Morgan fingerprint density at radius 1 is 1.13 bits per heavy atom. The first-order valence-electron chi connectivity index (χ1n) is 10.0. The fourth-order valence-electron chi connectivity index (χ4n) is 4.24. The molecule has 0 saturated carbocycles. The summed E-state index contributed by atoms with van der Waals surface area (Å²) in [4.78, 5) is 42.5. The molecule has 1 atom stereocenters. The van der Waals surface area contributed by atoms with Crippen molar-refractivity contribution in [3.63, 3.8) is 0 Å². The molecule has 2 aliphatic heterocycles. The lowest BCUT2D eigenvalue weighted by atomic mass is 9.95. The number of rotatable bonds is 5. The number of amides is 2. The number of hydrogen-bond donors (Lipinski definition) is 0. The van der Waals surface area contributed by atoms with Gasteiger partial charge in [-0.1, -0.05) is 44.2 Å². The second-order valence-electron chi connectivity index (χ2n) is 8.04. The highest BCUT2D eigenvalue weighted by atomic mass is 19.1. The Labute approximate surface area is 174 Å². The van der Waals surface area contributed by atoms with Crippen molar-refractivity contribution in [2.24, 2.45) is 5.92 Å². The molecule has 2 amide bonds. The van der Waals surface area contributed by atoms with Crippen molar-refractivity contribution in [3.8, 4) is 0 Å². The third kappa shape index (κ3) is 3.05. The Morgan fingerprint density at radius 3 is 2.57 bits per heavy atom. The van der Waals surface area contributed by atoms with Crippen molar-refractivity contribution in [1.29, 1.82) is 0 Å². The Balaban J connectivity index is 1.76. The van der Waals surface area contributed by atoms with Gasteiger partial charge in [0.25, 0.3) is 5.91 Å². The molecular weight excluding hydrogens is 387 g/mol. The molecule has 0 bridgehead atoms. The second-order valence-corrected chi connectivity index (χ2v) is 8.04. The van der Waals surface area contributed by atoms with Crippen LogP contribution in [-0.2, 0) is 20.9 Å². The van der Waals surface area contributed by atoms with Gasteiger partial charge in [-0.25, -0.2) is 9.18 Å². The monoisotopic (exact) mass is 410 g/mol. The lowest BCUT2D eigenvalue weighted by molar-refractivity contribution is -0.159. The SMILES string of the molecule is CC(C)CN1C(=O)c2ccccc2N2C(=O)CC[C@@]12C(=O)OCc1ccccc1F. The molecule has 2 aliphatic rings. The van der Waals surface area contributed by atoms with Crippen LogP contribution >= 0.6 is 0 Å². The molecule has 0 N–H and O–H groups in total. The minimum atomic E-state index is -1.56. The number of carbonyl (C=O) groups is 3. The summed E-state index contributed by atoms with van der Waals surface area (Å²) in [7, 11) is 0. The predicted molar refractivity (Wildman–Crippen MR) is 108 cm³/mol. The number of nitrogens with zero attached hydrogens (tertiary/aromatic N) is 2. The number of esters is 1. The third-order valence-corrected chi connectivity index (χ3v) is 5.57. The molecule has 2 aromatic rings. The van der Waals surface area contributed by atoms with Gasteiger partial charge in [0.05, 0.1) is 11.3 Å². The number of fused-ring (bicyclic) bond motifs is 3. The summed E-state index contributed by atoms with van der Waals surface area (Å²) in [6, 6.07) is 12.8. The molecule has 6 nitrogen and oxygen atoms in total. The van der Waals surface area contributed by atoms with Crippen LogP contribution in [-0.4, -0.2) is 34.9 Å². The number of carbonyl (C=O) groups excluding carboxylic acids is 3. The number of para-hydroxylation sites is 1. The molecule has 2 aromatic carbocycles. The van der Waals surface area contributed by atoms with Gasteiger partial charge in [-0.05, 0) is 24.1 Å². The summed E-state index contributed by atoms with van der Waals surface area (Å²) < 4.78 is 19.5. The van der Waals surface area contributed by atoms with E-state index in [9.17, 15) is 18.8 Å². The van der Waals surface area contributed by atoms with Crippen LogP contribution in [0.3, 0.4) is 0 Å². The zero-order chi connectivity index (χ0) is 21.5. The maximum atomic E-state index is 14.0. The van der Waals surface area contributed by atoms with Crippen molar-refractivity contribution in [2.75, 3.05) is 11.4 Å². The number of anilines is 1. The molecule has 0 radical (unpaired) electrons. The lowest BCUT2D eigenvalue weighted by Gasteiger charge is -2.48. The largest absolute Gasteiger partial charge is 0.458 e. The van der Waals surface area contributed by atoms with Crippen LogP contribution in [0.2, 0.25) is 0 Å². The fraction of sp³-hybridized carbons (Fsp3) is 0.348. The molecule has 0 spiro atoms. The maximum absolute atomic E-state index is 14.0. The van der Waals surface area contributed by atoms with Gasteiger partial charge in [-0.15, -0.1) is 0 Å². The van der Waals surface area contributed by atoms with Crippen molar-refractivity contribution in [2.45, 2.75) is 39.0 Å². The first kappa shape index (κ1) is 20.1. The fourth-order valence-corrected chi connectivity index (χ4v) is 4.24. The number of hydrogen-bond acceptors (Lipinski definition) is 4. The molecule has 0 unspecified atom stereocenters. The Morgan fingerprint density at radius 2 is 1.83 bits per heavy atom. The Bertz CT molecular complexity index is 1020. The number of benzene rings is 2. The van der Waals surface area contributed by atoms with Crippen molar-refractivity contribution < 1.29 is 23.5 Å². The van der Waals surface area contributed by atoms with E-state index in [0.29, 0.717) is 11.3 Å². The van der Waals surface area contributed by atoms with Gasteiger partial charge < -0.3 is 9.64 Å². The van der Waals surface area contributed by atoms with Gasteiger partial charge >= 0.3 is 5.97 Å². The Kier molecular flexibility index (Phi) is 5.05. The summed E-state index contributed by atoms with van der Waals surface area (Å²) in [6.45, 7) is 3.88. The van der Waals surface area contributed by atoms with Crippen LogP contribution in [0.25, 0.3) is 0 Å². The molecular formula is C23H23FN2O4. The highest BCUT2D eigenvalue weighted by Gasteiger charge is 2.61. The summed E-state index contributed by atoms with van der Waals surface area (Å²) in [5, 5.41) is 0. The predicted octanol–water partition coefficient (Wildman–Crippen LogP) is 3.50. The third-order valence-electron chi connectivity index (χ3n) is 5.57. The average Bonchev–Trinajstić information content (AvgIpc) is 3.08. The smallest absolute Gasteiger partial charge is 0.354 e. The van der Waals surface area contributed by atoms with Gasteiger partial charge in [-0.3, -0.25) is 14.5 Å². The van der Waals surface area contributed by atoms with Gasteiger partial charge in [0.15, 0.2) is 0 Å². The van der Waals surface area contributed by atoms with Crippen molar-refractivity contribution in [1.82, 2.24) is 4.90 Å². The van der Waals surface area contributed by atoms with E-state index in [1.807, 2.05) is 13.8 Å². The molecule has 1 saturated heterocycles. The second kappa shape index (κ2) is 7.55. The summed E-state index contributed by atoms with van der Waals surface area (Å²) in [5.41, 5.74) is -0.534. The molecule has 156 valence electrons. The van der Waals surface area contributed by atoms with E-state index in [1.54, 1.807) is 36.4 Å². The van der Waals surface area contributed by atoms with Crippen LogP contribution in [0.1, 0.15) is 42.6 Å². The Hall–Kier alpha value is -3.22. The molecule has 0 aliphatic carbocycles. The zero-order valence-electron chi connectivity index (χ0n) is 16.9.